The summed E-state index contributed by atoms with van der Waals surface area (Å²) in [4.78, 5) is 45.2. The number of nitrogens with zero attached hydrogens (tertiary/aromatic N) is 6. The van der Waals surface area contributed by atoms with E-state index in [0.29, 0.717) is 29.2 Å². The van der Waals surface area contributed by atoms with Crippen LogP contribution in [0.5, 0.6) is 5.75 Å². The van der Waals surface area contributed by atoms with Gasteiger partial charge in [-0.15, -0.1) is 10.2 Å². The van der Waals surface area contributed by atoms with Gasteiger partial charge >= 0.3 is 0 Å². The molecular formula is C24H20N8O4. The van der Waals surface area contributed by atoms with Gasteiger partial charge in [-0.2, -0.15) is 4.80 Å². The second-order valence-electron chi connectivity index (χ2n) is 8.04. The molecule has 0 aliphatic carbocycles. The largest absolute Gasteiger partial charge is 0.482 e. The molecule has 36 heavy (non-hydrogen) atoms. The molecule has 1 aliphatic heterocycles. The van der Waals surface area contributed by atoms with Crippen LogP contribution in [0.1, 0.15) is 38.9 Å². The number of nitrogens with one attached hydrogen (secondary N) is 2. The molecule has 0 radical (unpaired) electrons. The van der Waals surface area contributed by atoms with Gasteiger partial charge in [0, 0.05) is 12.1 Å². The summed E-state index contributed by atoms with van der Waals surface area (Å²) in [5.41, 5.74) is 3.37. The Morgan fingerprint density at radius 3 is 2.69 bits per heavy atom. The number of ketones is 1. The molecule has 0 unspecified atom stereocenters. The third kappa shape index (κ3) is 5.06. The van der Waals surface area contributed by atoms with Crippen LogP contribution in [0, 0.1) is 0 Å². The van der Waals surface area contributed by atoms with Gasteiger partial charge in [0.1, 0.15) is 23.5 Å². The van der Waals surface area contributed by atoms with E-state index in [4.69, 9.17) is 4.74 Å². The molecule has 0 atom stereocenters. The maximum atomic E-state index is 12.7. The van der Waals surface area contributed by atoms with Crippen molar-refractivity contribution in [2.45, 2.75) is 20.0 Å². The van der Waals surface area contributed by atoms with E-state index in [-0.39, 0.29) is 36.4 Å². The van der Waals surface area contributed by atoms with Gasteiger partial charge in [0.05, 0.1) is 12.2 Å². The van der Waals surface area contributed by atoms with Gasteiger partial charge in [0.15, 0.2) is 12.4 Å². The molecule has 0 fully saturated rings. The van der Waals surface area contributed by atoms with E-state index < -0.39 is 5.91 Å². The van der Waals surface area contributed by atoms with Crippen molar-refractivity contribution in [2.75, 3.05) is 11.9 Å². The minimum atomic E-state index is -0.408. The minimum absolute atomic E-state index is 0.00268. The molecule has 2 aromatic heterocycles. The van der Waals surface area contributed by atoms with E-state index in [0.717, 1.165) is 11.1 Å². The van der Waals surface area contributed by atoms with Gasteiger partial charge in [0.2, 0.25) is 5.82 Å². The van der Waals surface area contributed by atoms with E-state index in [1.165, 1.54) is 24.1 Å². The second kappa shape index (κ2) is 9.70. The zero-order valence-corrected chi connectivity index (χ0v) is 19.1. The van der Waals surface area contributed by atoms with Crippen LogP contribution < -0.4 is 15.4 Å². The highest BCUT2D eigenvalue weighted by Gasteiger charge is 2.17. The lowest BCUT2D eigenvalue weighted by Crippen LogP contribution is -2.26. The first-order valence-electron chi connectivity index (χ1n) is 11.0. The minimum Gasteiger partial charge on any atom is -0.482 e. The van der Waals surface area contributed by atoms with Crippen molar-refractivity contribution in [1.82, 2.24) is 35.5 Å². The van der Waals surface area contributed by atoms with Gasteiger partial charge < -0.3 is 15.4 Å². The van der Waals surface area contributed by atoms with Gasteiger partial charge in [-0.05, 0) is 41.5 Å². The molecule has 0 saturated carbocycles. The number of hydrogen-bond donors (Lipinski definition) is 2. The number of fused-ring (bicyclic) bond motifs is 1. The van der Waals surface area contributed by atoms with Crippen LogP contribution in [0.15, 0.2) is 54.9 Å². The fourth-order valence-electron chi connectivity index (χ4n) is 3.54. The Kier molecular flexibility index (Phi) is 6.14. The SMILES string of the molecule is CC(=O)c1ccc(Cn2nnc(-c3cc(C(=O)NCc4ccc5c(c4)NC(=O)CO5)ncn3)n2)cc1. The molecule has 2 amide bonds. The lowest BCUT2D eigenvalue weighted by atomic mass is 10.1. The Morgan fingerprint density at radius 2 is 1.89 bits per heavy atom. The van der Waals surface area contributed by atoms with Gasteiger partial charge in [-0.25, -0.2) is 9.97 Å². The average molecular weight is 484 g/mol. The molecule has 12 heteroatoms. The molecule has 0 bridgehead atoms. The van der Waals surface area contributed by atoms with Crippen molar-refractivity contribution in [3.63, 3.8) is 0 Å². The summed E-state index contributed by atoms with van der Waals surface area (Å²) >= 11 is 0. The standard InChI is InChI=1S/C24H20N8O4/c1-14(33)17-5-2-15(3-6-17)11-32-30-23(29-31-32)19-9-20(27-13-26-19)24(35)25-10-16-4-7-21-18(8-16)28-22(34)12-36-21/h2-9,13H,10-12H2,1H3,(H,25,35)(H,28,34). The smallest absolute Gasteiger partial charge is 0.270 e. The van der Waals surface area contributed by atoms with E-state index in [1.807, 2.05) is 12.1 Å². The predicted octanol–water partition coefficient (Wildman–Crippen LogP) is 1.64. The Bertz CT molecular complexity index is 1470. The number of rotatable bonds is 7. The Balaban J connectivity index is 1.23. The molecule has 2 N–H and O–H groups in total. The fraction of sp³-hybridized carbons (Fsp3) is 0.167. The summed E-state index contributed by atoms with van der Waals surface area (Å²) < 4.78 is 5.34. The first-order valence-corrected chi connectivity index (χ1v) is 11.0. The van der Waals surface area contributed by atoms with Crippen LogP contribution >= 0.6 is 0 Å². The molecule has 2 aromatic carbocycles. The Hall–Kier alpha value is -5.00. The van der Waals surface area contributed by atoms with Crippen LogP contribution in [0.3, 0.4) is 0 Å². The topological polar surface area (TPSA) is 154 Å². The van der Waals surface area contributed by atoms with Crippen LogP contribution in [-0.4, -0.2) is 54.4 Å². The second-order valence-corrected chi connectivity index (χ2v) is 8.04. The number of anilines is 1. The number of tetrazole rings is 1. The van der Waals surface area contributed by atoms with Crippen molar-refractivity contribution >= 4 is 23.3 Å². The number of aromatic nitrogens is 6. The van der Waals surface area contributed by atoms with E-state index in [1.54, 1.807) is 30.3 Å². The molecule has 1 aliphatic rings. The van der Waals surface area contributed by atoms with Gasteiger partial charge in [0.25, 0.3) is 11.8 Å². The maximum Gasteiger partial charge on any atom is 0.270 e. The predicted molar refractivity (Wildman–Crippen MR) is 126 cm³/mol. The number of amides is 2. The Morgan fingerprint density at radius 1 is 1.08 bits per heavy atom. The molecule has 0 spiro atoms. The fourth-order valence-corrected chi connectivity index (χ4v) is 3.54. The Labute approximate surface area is 204 Å². The quantitative estimate of drug-likeness (QED) is 0.373. The highest BCUT2D eigenvalue weighted by Crippen LogP contribution is 2.28. The van der Waals surface area contributed by atoms with Crippen molar-refractivity contribution < 1.29 is 19.1 Å². The van der Waals surface area contributed by atoms with Crippen LogP contribution in [0.2, 0.25) is 0 Å². The molecular weight excluding hydrogens is 464 g/mol. The number of hydrogen-bond acceptors (Lipinski definition) is 9. The average Bonchev–Trinajstić information content (AvgIpc) is 3.36. The van der Waals surface area contributed by atoms with Crippen LogP contribution in [-0.2, 0) is 17.9 Å². The summed E-state index contributed by atoms with van der Waals surface area (Å²) in [5.74, 6) is 0.191. The molecule has 180 valence electrons. The van der Waals surface area contributed by atoms with Crippen molar-refractivity contribution in [1.29, 1.82) is 0 Å². The van der Waals surface area contributed by atoms with Crippen LogP contribution in [0.4, 0.5) is 5.69 Å². The highest BCUT2D eigenvalue weighted by atomic mass is 16.5. The zero-order chi connectivity index (χ0) is 25.1. The lowest BCUT2D eigenvalue weighted by Gasteiger charge is -2.18. The first kappa shape index (κ1) is 22.8. The number of ether oxygens (including phenoxy) is 1. The van der Waals surface area contributed by atoms with E-state index in [2.05, 4.69) is 36.0 Å². The molecule has 0 saturated heterocycles. The summed E-state index contributed by atoms with van der Waals surface area (Å²) in [6.07, 6.45) is 1.26. The normalized spacial score (nSPS) is 12.3. The molecule has 12 nitrogen and oxygen atoms in total. The summed E-state index contributed by atoms with van der Waals surface area (Å²) in [7, 11) is 0. The number of carbonyl (C=O) groups excluding carboxylic acids is 3. The van der Waals surface area contributed by atoms with E-state index >= 15 is 0 Å². The molecule has 4 aromatic rings. The lowest BCUT2D eigenvalue weighted by molar-refractivity contribution is -0.118. The molecule has 5 rings (SSSR count). The van der Waals surface area contributed by atoms with Crippen molar-refractivity contribution in [3.05, 3.63) is 77.2 Å². The monoisotopic (exact) mass is 484 g/mol. The number of benzene rings is 2. The van der Waals surface area contributed by atoms with Gasteiger partial charge in [-0.1, -0.05) is 30.3 Å². The number of carbonyl (C=O) groups is 3. The first-order chi connectivity index (χ1) is 17.4. The van der Waals surface area contributed by atoms with Crippen LogP contribution in [0.25, 0.3) is 11.5 Å². The van der Waals surface area contributed by atoms with Gasteiger partial charge in [-0.3, -0.25) is 14.4 Å². The summed E-state index contributed by atoms with van der Waals surface area (Å²) in [5, 5.41) is 17.9. The van der Waals surface area contributed by atoms with E-state index in [9.17, 15) is 14.4 Å². The molecule has 3 heterocycles. The zero-order valence-electron chi connectivity index (χ0n) is 19.1. The highest BCUT2D eigenvalue weighted by molar-refractivity contribution is 5.96. The third-order valence-corrected chi connectivity index (χ3v) is 5.40. The number of Topliss-reactive ketones (excluding diaryl/α,β-unsaturated/α-hetero) is 1. The summed E-state index contributed by atoms with van der Waals surface area (Å²) in [6.45, 7) is 2.07. The third-order valence-electron chi connectivity index (χ3n) is 5.40. The van der Waals surface area contributed by atoms with Crippen molar-refractivity contribution in [2.24, 2.45) is 0 Å². The van der Waals surface area contributed by atoms with Crippen molar-refractivity contribution in [3.8, 4) is 17.3 Å². The summed E-state index contributed by atoms with van der Waals surface area (Å²) in [6, 6.07) is 13.9. The maximum absolute atomic E-state index is 12.7.